The lowest BCUT2D eigenvalue weighted by Gasteiger charge is -2.16. The maximum absolute atomic E-state index is 11.5. The van der Waals surface area contributed by atoms with E-state index < -0.39 is 0 Å². The number of halogens is 1. The molecule has 1 aromatic rings. The first-order valence-corrected chi connectivity index (χ1v) is 5.31. The van der Waals surface area contributed by atoms with Gasteiger partial charge in [0.25, 0.3) is 0 Å². The van der Waals surface area contributed by atoms with Gasteiger partial charge in [-0.25, -0.2) is 0 Å². The molecule has 0 spiro atoms. The Bertz CT molecular complexity index is 371. The van der Waals surface area contributed by atoms with Crippen LogP contribution in [-0.2, 0) is 6.42 Å². The zero-order valence-corrected chi connectivity index (χ0v) is 9.17. The molecule has 0 unspecified atom stereocenters. The van der Waals surface area contributed by atoms with E-state index in [1.165, 1.54) is 0 Å². The molecule has 0 saturated carbocycles. The van der Waals surface area contributed by atoms with Gasteiger partial charge in [-0.2, -0.15) is 0 Å². The fourth-order valence-corrected chi connectivity index (χ4v) is 2.41. The summed E-state index contributed by atoms with van der Waals surface area (Å²) in [6.45, 7) is 0. The topological polar surface area (TPSA) is 37.3 Å². The number of rotatable bonds is 0. The Morgan fingerprint density at radius 2 is 2.08 bits per heavy atom. The first-order chi connectivity index (χ1) is 6.20. The van der Waals surface area contributed by atoms with Crippen LogP contribution in [0.3, 0.4) is 0 Å². The highest BCUT2D eigenvalue weighted by Crippen LogP contribution is 2.31. The van der Waals surface area contributed by atoms with E-state index in [2.05, 4.69) is 22.6 Å². The summed E-state index contributed by atoms with van der Waals surface area (Å²) in [7, 11) is 0. The molecule has 13 heavy (non-hydrogen) atoms. The van der Waals surface area contributed by atoms with Crippen molar-refractivity contribution in [3.05, 3.63) is 26.8 Å². The van der Waals surface area contributed by atoms with E-state index >= 15 is 0 Å². The third-order valence-electron chi connectivity index (χ3n) is 2.35. The lowest BCUT2D eigenvalue weighted by Crippen LogP contribution is -2.11. The summed E-state index contributed by atoms with van der Waals surface area (Å²) < 4.78 is 0.836. The van der Waals surface area contributed by atoms with Crippen molar-refractivity contribution in [3.63, 3.8) is 0 Å². The maximum atomic E-state index is 11.5. The van der Waals surface area contributed by atoms with Gasteiger partial charge >= 0.3 is 0 Å². The normalized spacial score (nSPS) is 15.6. The van der Waals surface area contributed by atoms with Gasteiger partial charge in [0.15, 0.2) is 5.78 Å². The highest BCUT2D eigenvalue weighted by molar-refractivity contribution is 14.1. The van der Waals surface area contributed by atoms with E-state index in [9.17, 15) is 9.90 Å². The molecular formula is C10H9IO2. The number of hydrogen-bond donors (Lipinski definition) is 1. The van der Waals surface area contributed by atoms with Crippen LogP contribution in [0.1, 0.15) is 28.8 Å². The van der Waals surface area contributed by atoms with E-state index in [4.69, 9.17) is 0 Å². The molecule has 3 heteroatoms. The van der Waals surface area contributed by atoms with E-state index in [-0.39, 0.29) is 11.5 Å². The van der Waals surface area contributed by atoms with E-state index in [1.54, 1.807) is 12.1 Å². The molecule has 68 valence electrons. The lowest BCUT2D eigenvalue weighted by molar-refractivity contribution is 0.0972. The maximum Gasteiger partial charge on any atom is 0.163 e. The van der Waals surface area contributed by atoms with Crippen LogP contribution in [0.2, 0.25) is 0 Å². The first-order valence-electron chi connectivity index (χ1n) is 4.23. The van der Waals surface area contributed by atoms with Gasteiger partial charge in [0.2, 0.25) is 0 Å². The molecular weight excluding hydrogens is 279 g/mol. The Morgan fingerprint density at radius 1 is 1.31 bits per heavy atom. The quantitative estimate of drug-likeness (QED) is 0.745. The summed E-state index contributed by atoms with van der Waals surface area (Å²) in [4.78, 5) is 11.5. The van der Waals surface area contributed by atoms with Crippen molar-refractivity contribution >= 4 is 28.4 Å². The second-order valence-electron chi connectivity index (χ2n) is 3.20. The van der Waals surface area contributed by atoms with Gasteiger partial charge in [-0.15, -0.1) is 0 Å². The minimum absolute atomic E-state index is 0.208. The molecule has 0 bridgehead atoms. The van der Waals surface area contributed by atoms with Crippen LogP contribution in [0, 0.1) is 3.57 Å². The molecule has 0 fully saturated rings. The molecule has 0 aromatic heterocycles. The molecule has 1 N–H and O–H groups in total. The van der Waals surface area contributed by atoms with Crippen LogP contribution in [0.25, 0.3) is 0 Å². The molecule has 1 aliphatic rings. The number of ketones is 1. The highest BCUT2D eigenvalue weighted by Gasteiger charge is 2.20. The highest BCUT2D eigenvalue weighted by atomic mass is 127. The number of benzene rings is 1. The largest absolute Gasteiger partial charge is 0.507 e. The van der Waals surface area contributed by atoms with Crippen molar-refractivity contribution in [2.24, 2.45) is 0 Å². The molecule has 1 aromatic carbocycles. The van der Waals surface area contributed by atoms with Crippen LogP contribution in [0.15, 0.2) is 12.1 Å². The van der Waals surface area contributed by atoms with Crippen molar-refractivity contribution in [2.75, 3.05) is 0 Å². The number of carbonyl (C=O) groups excluding carboxylic acids is 1. The van der Waals surface area contributed by atoms with E-state index in [1.807, 2.05) is 0 Å². The molecule has 2 rings (SSSR count). The Morgan fingerprint density at radius 3 is 2.85 bits per heavy atom. The second-order valence-corrected chi connectivity index (χ2v) is 4.28. The minimum Gasteiger partial charge on any atom is -0.507 e. The third kappa shape index (κ3) is 1.45. The number of phenols is 1. The average molecular weight is 288 g/mol. The van der Waals surface area contributed by atoms with Gasteiger partial charge in [-0.3, -0.25) is 4.79 Å². The Labute approximate surface area is 90.1 Å². The molecule has 0 heterocycles. The van der Waals surface area contributed by atoms with Crippen LogP contribution in [0.4, 0.5) is 0 Å². The number of aromatic hydroxyl groups is 1. The van der Waals surface area contributed by atoms with Gasteiger partial charge in [0.05, 0.1) is 3.57 Å². The second kappa shape index (κ2) is 3.29. The van der Waals surface area contributed by atoms with Gasteiger partial charge in [-0.1, -0.05) is 0 Å². The Kier molecular flexibility index (Phi) is 2.27. The summed E-state index contributed by atoms with van der Waals surface area (Å²) in [6.07, 6.45) is 2.47. The number of phenolic OH excluding ortho intramolecular Hbond substituents is 1. The summed E-state index contributed by atoms with van der Waals surface area (Å²) in [5.74, 6) is 0.494. The summed E-state index contributed by atoms with van der Waals surface area (Å²) in [5.41, 5.74) is 1.82. The smallest absolute Gasteiger partial charge is 0.163 e. The van der Waals surface area contributed by atoms with Gasteiger partial charge in [0, 0.05) is 12.0 Å². The van der Waals surface area contributed by atoms with Gasteiger partial charge < -0.3 is 5.11 Å². The first kappa shape index (κ1) is 8.99. The molecule has 0 saturated heterocycles. The lowest BCUT2D eigenvalue weighted by atomic mass is 9.91. The number of hydrogen-bond acceptors (Lipinski definition) is 2. The van der Waals surface area contributed by atoms with Crippen LogP contribution in [-0.4, -0.2) is 10.9 Å². The molecule has 0 aliphatic heterocycles. The zero-order valence-electron chi connectivity index (χ0n) is 7.01. The van der Waals surface area contributed by atoms with E-state index in [0.717, 1.165) is 27.5 Å². The predicted octanol–water partition coefficient (Wildman–Crippen LogP) is 2.52. The van der Waals surface area contributed by atoms with Crippen molar-refractivity contribution in [3.8, 4) is 5.75 Å². The molecule has 2 nitrogen and oxygen atoms in total. The molecule has 1 aliphatic carbocycles. The van der Waals surface area contributed by atoms with Crippen molar-refractivity contribution in [2.45, 2.75) is 19.3 Å². The van der Waals surface area contributed by atoms with Gasteiger partial charge in [-0.05, 0) is 53.1 Å². The van der Waals surface area contributed by atoms with E-state index in [0.29, 0.717) is 6.42 Å². The monoisotopic (exact) mass is 288 g/mol. The summed E-state index contributed by atoms with van der Waals surface area (Å²) in [6, 6.07) is 3.33. The van der Waals surface area contributed by atoms with Crippen molar-refractivity contribution in [1.29, 1.82) is 0 Å². The average Bonchev–Trinajstić information content (AvgIpc) is 2.12. The zero-order chi connectivity index (χ0) is 9.42. The third-order valence-corrected chi connectivity index (χ3v) is 3.56. The SMILES string of the molecule is O=C1CCCc2c1ccc(O)c2I. The van der Waals surface area contributed by atoms with Crippen molar-refractivity contribution < 1.29 is 9.90 Å². The van der Waals surface area contributed by atoms with Crippen LogP contribution >= 0.6 is 22.6 Å². The molecule has 0 amide bonds. The number of fused-ring (bicyclic) bond motifs is 1. The summed E-state index contributed by atoms with van der Waals surface area (Å²) >= 11 is 2.10. The fraction of sp³-hybridized carbons (Fsp3) is 0.300. The Balaban J connectivity index is 2.63. The fourth-order valence-electron chi connectivity index (χ4n) is 1.67. The number of Topliss-reactive ketones (excluding diaryl/α,β-unsaturated/α-hetero) is 1. The summed E-state index contributed by atoms with van der Waals surface area (Å²) in [5, 5.41) is 9.44. The van der Waals surface area contributed by atoms with Gasteiger partial charge in [0.1, 0.15) is 5.75 Å². The van der Waals surface area contributed by atoms with Crippen LogP contribution < -0.4 is 0 Å². The van der Waals surface area contributed by atoms with Crippen molar-refractivity contribution in [1.82, 2.24) is 0 Å². The molecule has 0 radical (unpaired) electrons. The number of carbonyl (C=O) groups is 1. The van der Waals surface area contributed by atoms with Crippen LogP contribution in [0.5, 0.6) is 5.75 Å². The predicted molar refractivity (Wildman–Crippen MR) is 58.1 cm³/mol. The molecule has 0 atom stereocenters. The standard InChI is InChI=1S/C10H9IO2/c11-10-7-2-1-3-8(12)6(7)4-5-9(10)13/h4-5,13H,1-3H2. The Hall–Kier alpha value is -0.580. The minimum atomic E-state index is 0.208.